The number of hydrogen-bond donors (Lipinski definition) is 2. The predicted octanol–water partition coefficient (Wildman–Crippen LogP) is 2.35. The lowest BCUT2D eigenvalue weighted by Gasteiger charge is -2.38. The Morgan fingerprint density at radius 3 is 2.52 bits per heavy atom. The molecule has 0 spiro atoms. The molecule has 3 aliphatic heterocycles. The Hall–Kier alpha value is -2.97. The highest BCUT2D eigenvalue weighted by molar-refractivity contribution is 5.97. The molecule has 0 aliphatic carbocycles. The molecular formula is C25H31N3O5. The van der Waals surface area contributed by atoms with Crippen LogP contribution in [0.1, 0.15) is 42.2 Å². The molecule has 1 aromatic carbocycles. The summed E-state index contributed by atoms with van der Waals surface area (Å²) in [6.45, 7) is 8.38. The first-order valence-corrected chi connectivity index (χ1v) is 11.5. The summed E-state index contributed by atoms with van der Waals surface area (Å²) in [7, 11) is 0. The highest BCUT2D eigenvalue weighted by Crippen LogP contribution is 2.37. The number of piperidine rings is 1. The van der Waals surface area contributed by atoms with Gasteiger partial charge in [0.2, 0.25) is 0 Å². The molecule has 2 aromatic rings. The highest BCUT2D eigenvalue weighted by atomic mass is 16.5. The Kier molecular flexibility index (Phi) is 6.95. The van der Waals surface area contributed by atoms with E-state index in [4.69, 9.17) is 14.6 Å². The number of morpholine rings is 1. The van der Waals surface area contributed by atoms with E-state index in [2.05, 4.69) is 16.3 Å². The van der Waals surface area contributed by atoms with Gasteiger partial charge in [-0.3, -0.25) is 14.4 Å². The Balaban J connectivity index is 0.000000601. The number of carboxylic acids is 1. The molecule has 2 N–H and O–H groups in total. The third-order valence-electron chi connectivity index (χ3n) is 6.53. The number of nitrogens with zero attached hydrogens (tertiary/aromatic N) is 2. The molecule has 33 heavy (non-hydrogen) atoms. The predicted molar refractivity (Wildman–Crippen MR) is 126 cm³/mol. The maximum Gasteiger partial charge on any atom is 0.300 e. The molecular weight excluding hydrogens is 422 g/mol. The summed E-state index contributed by atoms with van der Waals surface area (Å²) >= 11 is 0. The topological polar surface area (TPSA) is 101 Å². The van der Waals surface area contributed by atoms with Gasteiger partial charge in [0, 0.05) is 67.6 Å². The number of ether oxygens (including phenoxy) is 1. The van der Waals surface area contributed by atoms with Crippen molar-refractivity contribution in [1.29, 1.82) is 0 Å². The summed E-state index contributed by atoms with van der Waals surface area (Å²) in [4.78, 5) is 36.4. The van der Waals surface area contributed by atoms with Gasteiger partial charge >= 0.3 is 0 Å². The Morgan fingerprint density at radius 1 is 1.09 bits per heavy atom. The van der Waals surface area contributed by atoms with Gasteiger partial charge in [0.1, 0.15) is 0 Å². The molecule has 0 radical (unpaired) electrons. The average molecular weight is 454 g/mol. The van der Waals surface area contributed by atoms with Crippen LogP contribution in [-0.2, 0) is 16.1 Å². The van der Waals surface area contributed by atoms with Gasteiger partial charge in [-0.2, -0.15) is 0 Å². The average Bonchev–Trinajstić information content (AvgIpc) is 2.80. The van der Waals surface area contributed by atoms with Crippen LogP contribution in [0, 0.1) is 5.92 Å². The SMILES string of the molecule is CC(=O)O.CC(=O)c1ccc(N2CCOCC2)c(-c2cc3n(c(=O)c2)C[C@@H]2CNC[C@H]3C2)c1. The number of fused-ring (bicyclic) bond motifs is 4. The second-order valence-corrected chi connectivity index (χ2v) is 8.98. The number of rotatable bonds is 3. The maximum atomic E-state index is 13.0. The molecule has 8 heteroatoms. The quantitative estimate of drug-likeness (QED) is 0.688. The largest absolute Gasteiger partial charge is 0.481 e. The molecule has 8 nitrogen and oxygen atoms in total. The Bertz CT molecular complexity index is 1100. The van der Waals surface area contributed by atoms with E-state index in [1.807, 2.05) is 22.8 Å². The maximum absolute atomic E-state index is 13.0. The van der Waals surface area contributed by atoms with E-state index in [1.165, 1.54) is 0 Å². The summed E-state index contributed by atoms with van der Waals surface area (Å²) in [5.74, 6) is 0.113. The fourth-order valence-electron chi connectivity index (χ4n) is 5.03. The van der Waals surface area contributed by atoms with Crippen LogP contribution in [0.4, 0.5) is 5.69 Å². The molecule has 5 rings (SSSR count). The molecule has 2 fully saturated rings. The van der Waals surface area contributed by atoms with Gasteiger partial charge in [-0.05, 0) is 55.6 Å². The number of Topliss-reactive ketones (excluding diaryl/α,β-unsaturated/α-hetero) is 1. The van der Waals surface area contributed by atoms with Crippen molar-refractivity contribution in [3.05, 3.63) is 51.9 Å². The van der Waals surface area contributed by atoms with Crippen LogP contribution in [0.3, 0.4) is 0 Å². The van der Waals surface area contributed by atoms with Crippen molar-refractivity contribution >= 4 is 17.4 Å². The number of anilines is 1. The van der Waals surface area contributed by atoms with Crippen molar-refractivity contribution in [1.82, 2.24) is 9.88 Å². The van der Waals surface area contributed by atoms with E-state index in [0.29, 0.717) is 30.6 Å². The van der Waals surface area contributed by atoms with Gasteiger partial charge < -0.3 is 24.6 Å². The summed E-state index contributed by atoms with van der Waals surface area (Å²) in [6.07, 6.45) is 1.14. The smallest absolute Gasteiger partial charge is 0.300 e. The summed E-state index contributed by atoms with van der Waals surface area (Å²) < 4.78 is 7.48. The lowest BCUT2D eigenvalue weighted by Crippen LogP contribution is -2.44. The number of carboxylic acid groups (broad SMARTS) is 1. The van der Waals surface area contributed by atoms with Crippen LogP contribution in [0.25, 0.3) is 11.1 Å². The molecule has 0 unspecified atom stereocenters. The zero-order valence-electron chi connectivity index (χ0n) is 19.2. The number of carbonyl (C=O) groups excluding carboxylic acids is 1. The van der Waals surface area contributed by atoms with Gasteiger partial charge in [0.05, 0.1) is 13.2 Å². The standard InChI is InChI=1S/C23H27N3O3.C2H4O2/c1-15(27)17-2-3-21(25-4-6-29-7-5-25)20(9-17)18-10-22-19-8-16(12-24-13-19)14-26(22)23(28)11-18;1-2(3)4/h2-3,9-11,16,19,24H,4-8,12-14H2,1H3;1H3,(H,3,4)/t16-,19+;/m0./s1. The van der Waals surface area contributed by atoms with Crippen molar-refractivity contribution in [3.8, 4) is 11.1 Å². The van der Waals surface area contributed by atoms with Crippen molar-refractivity contribution in [3.63, 3.8) is 0 Å². The van der Waals surface area contributed by atoms with Gasteiger partial charge in [0.25, 0.3) is 11.5 Å². The highest BCUT2D eigenvalue weighted by Gasteiger charge is 2.31. The second-order valence-electron chi connectivity index (χ2n) is 8.98. The summed E-state index contributed by atoms with van der Waals surface area (Å²) in [5.41, 5.74) is 4.81. The van der Waals surface area contributed by atoms with Crippen LogP contribution in [-0.4, -0.2) is 60.8 Å². The van der Waals surface area contributed by atoms with Crippen LogP contribution >= 0.6 is 0 Å². The number of carbonyl (C=O) groups is 2. The number of nitrogens with one attached hydrogen (secondary N) is 1. The van der Waals surface area contributed by atoms with Crippen molar-refractivity contribution < 1.29 is 19.4 Å². The van der Waals surface area contributed by atoms with E-state index in [0.717, 1.165) is 68.6 Å². The minimum Gasteiger partial charge on any atom is -0.481 e. The number of ketones is 1. The third kappa shape index (κ3) is 5.17. The number of aliphatic carboxylic acids is 1. The molecule has 3 aliphatic rings. The molecule has 0 saturated carbocycles. The van der Waals surface area contributed by atoms with Gasteiger partial charge in [-0.1, -0.05) is 0 Å². The van der Waals surface area contributed by atoms with E-state index < -0.39 is 5.97 Å². The minimum atomic E-state index is -0.833. The fourth-order valence-corrected chi connectivity index (χ4v) is 5.03. The molecule has 2 saturated heterocycles. The number of benzene rings is 1. The Labute approximate surface area is 193 Å². The third-order valence-corrected chi connectivity index (χ3v) is 6.53. The van der Waals surface area contributed by atoms with Gasteiger partial charge in [-0.25, -0.2) is 0 Å². The van der Waals surface area contributed by atoms with Gasteiger partial charge in [-0.15, -0.1) is 0 Å². The minimum absolute atomic E-state index is 0.0359. The molecule has 2 bridgehead atoms. The zero-order valence-corrected chi connectivity index (χ0v) is 19.2. The molecule has 0 amide bonds. The second kappa shape index (κ2) is 9.89. The normalized spacial score (nSPS) is 21.5. The van der Waals surface area contributed by atoms with Crippen molar-refractivity contribution in [2.75, 3.05) is 44.3 Å². The zero-order chi connectivity index (χ0) is 23.5. The number of hydrogen-bond acceptors (Lipinski definition) is 6. The lowest BCUT2D eigenvalue weighted by atomic mass is 9.83. The summed E-state index contributed by atoms with van der Waals surface area (Å²) in [5, 5.41) is 10.9. The summed E-state index contributed by atoms with van der Waals surface area (Å²) in [6, 6.07) is 9.79. The van der Waals surface area contributed by atoms with Crippen LogP contribution in [0.5, 0.6) is 0 Å². The molecule has 1 aromatic heterocycles. The van der Waals surface area contributed by atoms with Crippen LogP contribution < -0.4 is 15.8 Å². The first-order chi connectivity index (χ1) is 15.8. The number of pyridine rings is 1. The lowest BCUT2D eigenvalue weighted by molar-refractivity contribution is -0.134. The Morgan fingerprint density at radius 2 is 1.82 bits per heavy atom. The van der Waals surface area contributed by atoms with E-state index in [-0.39, 0.29) is 11.3 Å². The first-order valence-electron chi connectivity index (χ1n) is 11.5. The van der Waals surface area contributed by atoms with Crippen LogP contribution in [0.2, 0.25) is 0 Å². The molecule has 4 heterocycles. The van der Waals surface area contributed by atoms with E-state index in [9.17, 15) is 9.59 Å². The monoisotopic (exact) mass is 453 g/mol. The fraction of sp³-hybridized carbons (Fsp3) is 0.480. The first kappa shape index (κ1) is 23.2. The van der Waals surface area contributed by atoms with Crippen molar-refractivity contribution in [2.45, 2.75) is 32.7 Å². The van der Waals surface area contributed by atoms with E-state index >= 15 is 0 Å². The van der Waals surface area contributed by atoms with Gasteiger partial charge in [0.15, 0.2) is 5.78 Å². The number of aromatic nitrogens is 1. The molecule has 2 atom stereocenters. The van der Waals surface area contributed by atoms with Crippen molar-refractivity contribution in [2.24, 2.45) is 5.92 Å². The molecule has 176 valence electrons. The van der Waals surface area contributed by atoms with Crippen LogP contribution in [0.15, 0.2) is 35.1 Å². The van der Waals surface area contributed by atoms with E-state index in [1.54, 1.807) is 13.0 Å².